The first-order valence-corrected chi connectivity index (χ1v) is 7.78. The predicted octanol–water partition coefficient (Wildman–Crippen LogP) is 3.34. The Kier molecular flexibility index (Phi) is 7.05. The topological polar surface area (TPSA) is 78.4 Å². The summed E-state index contributed by atoms with van der Waals surface area (Å²) in [4.78, 5) is 23.3. The zero-order valence-corrected chi connectivity index (χ0v) is 13.6. The summed E-state index contributed by atoms with van der Waals surface area (Å²) in [6.07, 6.45) is 3.03. The van der Waals surface area contributed by atoms with Crippen molar-refractivity contribution in [2.24, 2.45) is 0 Å². The summed E-state index contributed by atoms with van der Waals surface area (Å²) in [6, 6.07) is 6.39. The van der Waals surface area contributed by atoms with Crippen molar-refractivity contribution in [2.45, 2.75) is 52.1 Å². The molecule has 0 aliphatic rings. The Morgan fingerprint density at radius 3 is 2.36 bits per heavy atom. The average Bonchev–Trinajstić information content (AvgIpc) is 2.46. The molecular formula is C17H26N2O3. The molecule has 0 unspecified atom stereocenters. The third kappa shape index (κ3) is 5.85. The largest absolute Gasteiger partial charge is 0.388 e. The van der Waals surface area contributed by atoms with Gasteiger partial charge in [-0.1, -0.05) is 38.8 Å². The fraction of sp³-hybridized carbons (Fsp3) is 0.529. The Morgan fingerprint density at radius 2 is 1.82 bits per heavy atom. The number of amides is 2. The number of carbonyl (C=O) groups excluding carboxylic acids is 2. The molecule has 3 N–H and O–H groups in total. The van der Waals surface area contributed by atoms with Crippen LogP contribution in [-0.4, -0.2) is 29.1 Å². The van der Waals surface area contributed by atoms with E-state index in [1.807, 2.05) is 13.8 Å². The van der Waals surface area contributed by atoms with E-state index in [4.69, 9.17) is 0 Å². The summed E-state index contributed by atoms with van der Waals surface area (Å²) in [5.74, 6) is -0.0516. The second-order valence-corrected chi connectivity index (χ2v) is 5.67. The molecule has 1 rings (SSSR count). The number of benzene rings is 1. The van der Waals surface area contributed by atoms with Crippen LogP contribution in [0.25, 0.3) is 0 Å². The van der Waals surface area contributed by atoms with E-state index in [1.54, 1.807) is 24.3 Å². The van der Waals surface area contributed by atoms with Crippen molar-refractivity contribution >= 4 is 17.5 Å². The minimum atomic E-state index is -0.859. The molecule has 1 aromatic rings. The molecule has 0 heterocycles. The van der Waals surface area contributed by atoms with Gasteiger partial charge in [0, 0.05) is 17.8 Å². The van der Waals surface area contributed by atoms with Crippen LogP contribution in [0.1, 0.15) is 56.8 Å². The molecule has 5 heteroatoms. The van der Waals surface area contributed by atoms with E-state index in [9.17, 15) is 14.7 Å². The molecule has 2 amide bonds. The number of Topliss-reactive ketones (excluding diaryl/α,β-unsaturated/α-hetero) is 1. The molecule has 0 aliphatic carbocycles. The van der Waals surface area contributed by atoms with Crippen molar-refractivity contribution < 1.29 is 14.7 Å². The zero-order valence-electron chi connectivity index (χ0n) is 13.6. The number of hydrogen-bond acceptors (Lipinski definition) is 3. The molecule has 1 aromatic carbocycles. The fourth-order valence-electron chi connectivity index (χ4n) is 2.47. The van der Waals surface area contributed by atoms with Crippen LogP contribution in [0.15, 0.2) is 24.3 Å². The van der Waals surface area contributed by atoms with Gasteiger partial charge >= 0.3 is 6.03 Å². The number of ketones is 1. The van der Waals surface area contributed by atoms with Crippen LogP contribution >= 0.6 is 0 Å². The monoisotopic (exact) mass is 306 g/mol. The molecule has 0 fully saturated rings. The Hall–Kier alpha value is -1.88. The van der Waals surface area contributed by atoms with Crippen molar-refractivity contribution in [3.63, 3.8) is 0 Å². The van der Waals surface area contributed by atoms with Crippen LogP contribution in [0.4, 0.5) is 10.5 Å². The molecule has 0 saturated heterocycles. The van der Waals surface area contributed by atoms with Crippen molar-refractivity contribution in [1.29, 1.82) is 0 Å². The molecule has 5 nitrogen and oxygen atoms in total. The van der Waals surface area contributed by atoms with E-state index in [0.29, 0.717) is 24.1 Å². The standard InChI is InChI=1S/C17H26N2O3/c1-4-9-17(22,10-5-2)12-18-16(21)19-15-8-6-7-14(11-15)13(3)20/h6-8,11,22H,4-5,9-10,12H2,1-3H3,(H2,18,19,21). The van der Waals surface area contributed by atoms with E-state index in [0.717, 1.165) is 12.8 Å². The summed E-state index contributed by atoms with van der Waals surface area (Å²) in [7, 11) is 0. The number of hydrogen-bond donors (Lipinski definition) is 3. The van der Waals surface area contributed by atoms with Gasteiger partial charge in [-0.15, -0.1) is 0 Å². The highest BCUT2D eigenvalue weighted by atomic mass is 16.3. The highest BCUT2D eigenvalue weighted by Gasteiger charge is 2.25. The van der Waals surface area contributed by atoms with Gasteiger partial charge in [-0.3, -0.25) is 4.79 Å². The van der Waals surface area contributed by atoms with Crippen molar-refractivity contribution in [2.75, 3.05) is 11.9 Å². The van der Waals surface area contributed by atoms with Crippen LogP contribution < -0.4 is 10.6 Å². The van der Waals surface area contributed by atoms with E-state index in [2.05, 4.69) is 10.6 Å². The number of carbonyl (C=O) groups is 2. The minimum absolute atomic E-state index is 0.0516. The number of anilines is 1. The Balaban J connectivity index is 2.59. The molecule has 22 heavy (non-hydrogen) atoms. The minimum Gasteiger partial charge on any atom is -0.388 e. The highest BCUT2D eigenvalue weighted by molar-refractivity contribution is 5.96. The van der Waals surface area contributed by atoms with Crippen LogP contribution in [-0.2, 0) is 0 Å². The van der Waals surface area contributed by atoms with Crippen molar-refractivity contribution in [3.8, 4) is 0 Å². The number of nitrogens with one attached hydrogen (secondary N) is 2. The molecule has 0 aliphatic heterocycles. The van der Waals surface area contributed by atoms with Gasteiger partial charge in [0.05, 0.1) is 5.60 Å². The SMILES string of the molecule is CCCC(O)(CCC)CNC(=O)Nc1cccc(C(C)=O)c1. The third-order valence-corrected chi connectivity index (χ3v) is 3.54. The summed E-state index contributed by atoms with van der Waals surface area (Å²) >= 11 is 0. The van der Waals surface area contributed by atoms with E-state index >= 15 is 0 Å². The van der Waals surface area contributed by atoms with Crippen molar-refractivity contribution in [1.82, 2.24) is 5.32 Å². The predicted molar refractivity (Wildman–Crippen MR) is 88.2 cm³/mol. The maximum absolute atomic E-state index is 11.9. The first-order valence-electron chi connectivity index (χ1n) is 7.78. The molecule has 0 saturated carbocycles. The van der Waals surface area contributed by atoms with Gasteiger partial charge in [-0.2, -0.15) is 0 Å². The molecule has 122 valence electrons. The first kappa shape index (κ1) is 18.2. The van der Waals surface area contributed by atoms with Crippen LogP contribution in [0.5, 0.6) is 0 Å². The Morgan fingerprint density at radius 1 is 1.18 bits per heavy atom. The van der Waals surface area contributed by atoms with Gasteiger partial charge in [0.2, 0.25) is 0 Å². The highest BCUT2D eigenvalue weighted by Crippen LogP contribution is 2.18. The molecule has 0 spiro atoms. The molecule has 0 atom stereocenters. The second-order valence-electron chi connectivity index (χ2n) is 5.67. The molecule has 0 bridgehead atoms. The smallest absolute Gasteiger partial charge is 0.319 e. The van der Waals surface area contributed by atoms with Gasteiger partial charge in [0.15, 0.2) is 5.78 Å². The Labute approximate surface area is 132 Å². The van der Waals surface area contributed by atoms with Crippen molar-refractivity contribution in [3.05, 3.63) is 29.8 Å². The number of rotatable bonds is 8. The van der Waals surface area contributed by atoms with Crippen LogP contribution in [0.3, 0.4) is 0 Å². The normalized spacial score (nSPS) is 11.1. The summed E-state index contributed by atoms with van der Waals surface area (Å²) in [5, 5.41) is 15.8. The lowest BCUT2D eigenvalue weighted by Crippen LogP contribution is -2.44. The van der Waals surface area contributed by atoms with Gasteiger partial charge in [0.1, 0.15) is 0 Å². The lowest BCUT2D eigenvalue weighted by Gasteiger charge is -2.27. The van der Waals surface area contributed by atoms with E-state index in [-0.39, 0.29) is 18.4 Å². The van der Waals surface area contributed by atoms with E-state index < -0.39 is 5.60 Å². The first-order chi connectivity index (χ1) is 10.4. The van der Waals surface area contributed by atoms with Crippen LogP contribution in [0.2, 0.25) is 0 Å². The molecular weight excluding hydrogens is 280 g/mol. The summed E-state index contributed by atoms with van der Waals surface area (Å²) < 4.78 is 0. The number of urea groups is 1. The van der Waals surface area contributed by atoms with Gasteiger partial charge in [-0.05, 0) is 31.9 Å². The quantitative estimate of drug-likeness (QED) is 0.644. The summed E-state index contributed by atoms with van der Waals surface area (Å²) in [6.45, 7) is 5.71. The Bertz CT molecular complexity index is 508. The van der Waals surface area contributed by atoms with E-state index in [1.165, 1.54) is 6.92 Å². The maximum Gasteiger partial charge on any atom is 0.319 e. The van der Waals surface area contributed by atoms with Crippen LogP contribution in [0, 0.1) is 0 Å². The maximum atomic E-state index is 11.9. The third-order valence-electron chi connectivity index (χ3n) is 3.54. The fourth-order valence-corrected chi connectivity index (χ4v) is 2.47. The zero-order chi connectivity index (χ0) is 16.6. The lowest BCUT2D eigenvalue weighted by molar-refractivity contribution is 0.0245. The number of aliphatic hydroxyl groups is 1. The second kappa shape index (κ2) is 8.54. The van der Waals surface area contributed by atoms with Gasteiger partial charge < -0.3 is 15.7 Å². The average molecular weight is 306 g/mol. The molecule has 0 aromatic heterocycles. The summed E-state index contributed by atoms with van der Waals surface area (Å²) in [5.41, 5.74) is 0.244. The molecule has 0 radical (unpaired) electrons. The van der Waals surface area contributed by atoms with Gasteiger partial charge in [0.25, 0.3) is 0 Å². The van der Waals surface area contributed by atoms with Gasteiger partial charge in [-0.25, -0.2) is 4.79 Å². The lowest BCUT2D eigenvalue weighted by atomic mass is 9.93.